The summed E-state index contributed by atoms with van der Waals surface area (Å²) >= 11 is 0. The van der Waals surface area contributed by atoms with Gasteiger partial charge in [-0.05, 0) is 48.1 Å². The first kappa shape index (κ1) is 15.5. The summed E-state index contributed by atoms with van der Waals surface area (Å²) in [5.41, 5.74) is 9.59. The van der Waals surface area contributed by atoms with E-state index in [4.69, 9.17) is 10.5 Å². The van der Waals surface area contributed by atoms with Gasteiger partial charge in [0.2, 0.25) is 0 Å². The molecule has 1 aromatic carbocycles. The molecule has 2 nitrogen and oxygen atoms in total. The van der Waals surface area contributed by atoms with Crippen LogP contribution in [0.5, 0.6) is 0 Å². The smallest absolute Gasteiger partial charge is 0.0770 e. The zero-order chi connectivity index (χ0) is 14.8. The second-order valence-corrected chi connectivity index (χ2v) is 7.21. The van der Waals surface area contributed by atoms with Gasteiger partial charge in [-0.25, -0.2) is 0 Å². The van der Waals surface area contributed by atoms with E-state index in [0.717, 1.165) is 6.42 Å². The average Bonchev–Trinajstić information content (AvgIpc) is 2.38. The molecule has 0 heterocycles. The van der Waals surface area contributed by atoms with E-state index in [2.05, 4.69) is 45.0 Å². The highest BCUT2D eigenvalue weighted by Crippen LogP contribution is 2.36. The van der Waals surface area contributed by atoms with Crippen LogP contribution in [0.1, 0.15) is 57.1 Å². The van der Waals surface area contributed by atoms with Crippen molar-refractivity contribution < 1.29 is 4.74 Å². The lowest BCUT2D eigenvalue weighted by atomic mass is 9.76. The van der Waals surface area contributed by atoms with Crippen LogP contribution in [0.15, 0.2) is 24.3 Å². The lowest BCUT2D eigenvalue weighted by molar-refractivity contribution is -0.00538. The monoisotopic (exact) mass is 275 g/mol. The summed E-state index contributed by atoms with van der Waals surface area (Å²) < 4.78 is 5.68. The lowest BCUT2D eigenvalue weighted by Crippen LogP contribution is -2.45. The Morgan fingerprint density at radius 3 is 2.65 bits per heavy atom. The maximum absolute atomic E-state index is 6.48. The van der Waals surface area contributed by atoms with Crippen molar-refractivity contribution in [2.45, 2.75) is 64.5 Å². The van der Waals surface area contributed by atoms with Gasteiger partial charge in [0, 0.05) is 13.2 Å². The summed E-state index contributed by atoms with van der Waals surface area (Å²) in [6, 6.07) is 8.94. The fourth-order valence-electron chi connectivity index (χ4n) is 3.72. The maximum atomic E-state index is 6.48. The predicted octanol–water partition coefficient (Wildman–Crippen LogP) is 3.89. The minimum Gasteiger partial charge on any atom is -0.379 e. The van der Waals surface area contributed by atoms with Crippen molar-refractivity contribution in [3.63, 3.8) is 0 Å². The van der Waals surface area contributed by atoms with Crippen molar-refractivity contribution in [2.24, 2.45) is 11.1 Å². The molecule has 0 aliphatic heterocycles. The van der Waals surface area contributed by atoms with Crippen molar-refractivity contribution in [1.82, 2.24) is 0 Å². The van der Waals surface area contributed by atoms with Crippen LogP contribution < -0.4 is 5.73 Å². The summed E-state index contributed by atoms with van der Waals surface area (Å²) in [5.74, 6) is 0.593. The molecule has 1 aliphatic carbocycles. The Labute approximate surface area is 123 Å². The number of fused-ring (bicyclic) bond motifs is 1. The molecule has 1 aromatic rings. The third kappa shape index (κ3) is 3.42. The van der Waals surface area contributed by atoms with Gasteiger partial charge in [-0.1, -0.05) is 45.0 Å². The minimum absolute atomic E-state index is 0.0857. The first-order valence-electron chi connectivity index (χ1n) is 7.79. The highest BCUT2D eigenvalue weighted by molar-refractivity contribution is 5.32. The van der Waals surface area contributed by atoms with Crippen LogP contribution >= 0.6 is 0 Å². The molecule has 2 heteroatoms. The van der Waals surface area contributed by atoms with Crippen LogP contribution in [0.2, 0.25) is 0 Å². The standard InChI is InChI=1S/C18H29NO/c1-18(2,3)17(20-4)16(19)12-14-10-7-9-13-8-5-6-11-15(13)14/h5-6,8,11,14,16-17H,7,9-10,12,19H2,1-4H3. The van der Waals surface area contributed by atoms with E-state index in [0.29, 0.717) is 5.92 Å². The van der Waals surface area contributed by atoms with E-state index >= 15 is 0 Å². The summed E-state index contributed by atoms with van der Waals surface area (Å²) in [7, 11) is 1.78. The molecule has 0 saturated heterocycles. The van der Waals surface area contributed by atoms with Gasteiger partial charge in [0.05, 0.1) is 6.10 Å². The molecule has 0 aromatic heterocycles. The topological polar surface area (TPSA) is 35.2 Å². The zero-order valence-electron chi connectivity index (χ0n) is 13.4. The summed E-state index contributed by atoms with van der Waals surface area (Å²) in [6.07, 6.45) is 4.88. The highest BCUT2D eigenvalue weighted by atomic mass is 16.5. The minimum atomic E-state index is 0.0857. The number of hydrogen-bond donors (Lipinski definition) is 1. The molecule has 3 unspecified atom stereocenters. The van der Waals surface area contributed by atoms with E-state index in [1.165, 1.54) is 30.4 Å². The molecule has 0 radical (unpaired) electrons. The normalized spacial score (nSPS) is 22.1. The number of methoxy groups -OCH3 is 1. The van der Waals surface area contributed by atoms with Crippen LogP contribution in [0.3, 0.4) is 0 Å². The van der Waals surface area contributed by atoms with Crippen LogP contribution in [0, 0.1) is 5.41 Å². The molecule has 0 fully saturated rings. The Balaban J connectivity index is 2.11. The van der Waals surface area contributed by atoms with E-state index in [9.17, 15) is 0 Å². The largest absolute Gasteiger partial charge is 0.379 e. The number of nitrogens with two attached hydrogens (primary N) is 1. The molecule has 2 rings (SSSR count). The van der Waals surface area contributed by atoms with Crippen molar-refractivity contribution in [3.8, 4) is 0 Å². The molecule has 0 amide bonds. The summed E-state index contributed by atoms with van der Waals surface area (Å²) in [6.45, 7) is 6.61. The molecule has 0 bridgehead atoms. The van der Waals surface area contributed by atoms with E-state index < -0.39 is 0 Å². The number of aryl methyl sites for hydroxylation is 1. The Bertz CT molecular complexity index is 435. The van der Waals surface area contributed by atoms with Gasteiger partial charge in [0.25, 0.3) is 0 Å². The van der Waals surface area contributed by atoms with Gasteiger partial charge in [0.15, 0.2) is 0 Å². The first-order chi connectivity index (χ1) is 9.43. The van der Waals surface area contributed by atoms with Crippen molar-refractivity contribution >= 4 is 0 Å². The van der Waals surface area contributed by atoms with Gasteiger partial charge < -0.3 is 10.5 Å². The molecule has 112 valence electrons. The van der Waals surface area contributed by atoms with Gasteiger partial charge in [-0.15, -0.1) is 0 Å². The second kappa shape index (κ2) is 6.28. The molecular weight excluding hydrogens is 246 g/mol. The highest BCUT2D eigenvalue weighted by Gasteiger charge is 2.32. The SMILES string of the molecule is COC(C(N)CC1CCCc2ccccc21)C(C)(C)C. The van der Waals surface area contributed by atoms with Crippen LogP contribution in [0.25, 0.3) is 0 Å². The van der Waals surface area contributed by atoms with Crippen LogP contribution in [-0.2, 0) is 11.2 Å². The fourth-order valence-corrected chi connectivity index (χ4v) is 3.72. The van der Waals surface area contributed by atoms with E-state index in [1.807, 2.05) is 0 Å². The number of benzene rings is 1. The van der Waals surface area contributed by atoms with Gasteiger partial charge in [0.1, 0.15) is 0 Å². The third-order valence-corrected chi connectivity index (χ3v) is 4.55. The number of hydrogen-bond acceptors (Lipinski definition) is 2. The van der Waals surface area contributed by atoms with Crippen LogP contribution in [0.4, 0.5) is 0 Å². The average molecular weight is 275 g/mol. The summed E-state index contributed by atoms with van der Waals surface area (Å²) in [5, 5.41) is 0. The van der Waals surface area contributed by atoms with Gasteiger partial charge >= 0.3 is 0 Å². The predicted molar refractivity (Wildman–Crippen MR) is 85.0 cm³/mol. The number of ether oxygens (including phenoxy) is 1. The molecule has 3 atom stereocenters. The van der Waals surface area contributed by atoms with Crippen molar-refractivity contribution in [1.29, 1.82) is 0 Å². The van der Waals surface area contributed by atoms with E-state index in [-0.39, 0.29) is 17.6 Å². The second-order valence-electron chi connectivity index (χ2n) is 7.21. The fraction of sp³-hybridized carbons (Fsp3) is 0.667. The molecule has 1 aliphatic rings. The molecule has 0 spiro atoms. The van der Waals surface area contributed by atoms with Gasteiger partial charge in [-0.2, -0.15) is 0 Å². The quantitative estimate of drug-likeness (QED) is 0.905. The van der Waals surface area contributed by atoms with Crippen molar-refractivity contribution in [3.05, 3.63) is 35.4 Å². The molecule has 2 N–H and O–H groups in total. The lowest BCUT2D eigenvalue weighted by Gasteiger charge is -2.36. The Kier molecular flexibility index (Phi) is 4.87. The van der Waals surface area contributed by atoms with E-state index in [1.54, 1.807) is 7.11 Å². The Hall–Kier alpha value is -0.860. The Morgan fingerprint density at radius 1 is 1.30 bits per heavy atom. The van der Waals surface area contributed by atoms with Crippen molar-refractivity contribution in [2.75, 3.05) is 7.11 Å². The van der Waals surface area contributed by atoms with Crippen LogP contribution in [-0.4, -0.2) is 19.3 Å². The molecular formula is C18H29NO. The first-order valence-corrected chi connectivity index (χ1v) is 7.79. The third-order valence-electron chi connectivity index (χ3n) is 4.55. The molecule has 0 saturated carbocycles. The Morgan fingerprint density at radius 2 is 2.00 bits per heavy atom. The van der Waals surface area contributed by atoms with Gasteiger partial charge in [-0.3, -0.25) is 0 Å². The maximum Gasteiger partial charge on any atom is 0.0770 e. The number of rotatable bonds is 4. The molecule has 20 heavy (non-hydrogen) atoms. The zero-order valence-corrected chi connectivity index (χ0v) is 13.4. The summed E-state index contributed by atoms with van der Waals surface area (Å²) in [4.78, 5) is 0.